The van der Waals surface area contributed by atoms with Gasteiger partial charge in [-0.2, -0.15) is 0 Å². The second kappa shape index (κ2) is 6.67. The number of ether oxygens (including phenoxy) is 1. The van der Waals surface area contributed by atoms with Gasteiger partial charge in [-0.3, -0.25) is 0 Å². The van der Waals surface area contributed by atoms with Crippen LogP contribution in [0.2, 0.25) is 5.02 Å². The fourth-order valence-electron chi connectivity index (χ4n) is 2.24. The van der Waals surface area contributed by atoms with E-state index in [-0.39, 0.29) is 0 Å². The smallest absolute Gasteiger partial charge is 0.119 e. The molecule has 0 fully saturated rings. The third-order valence-electron chi connectivity index (χ3n) is 3.56. The Balaban J connectivity index is 1.66. The van der Waals surface area contributed by atoms with Gasteiger partial charge in [0.1, 0.15) is 12.4 Å². The maximum Gasteiger partial charge on any atom is 0.119 e. The van der Waals surface area contributed by atoms with E-state index in [9.17, 15) is 0 Å². The van der Waals surface area contributed by atoms with Gasteiger partial charge >= 0.3 is 0 Å². The Morgan fingerprint density at radius 1 is 0.727 bits per heavy atom. The Labute approximate surface area is 136 Å². The molecule has 0 saturated heterocycles. The average Bonchev–Trinajstić information content (AvgIpc) is 2.56. The Morgan fingerprint density at radius 2 is 1.27 bits per heavy atom. The molecule has 1 nitrogen and oxygen atoms in total. The van der Waals surface area contributed by atoms with Gasteiger partial charge in [-0.1, -0.05) is 65.7 Å². The summed E-state index contributed by atoms with van der Waals surface area (Å²) in [6.45, 7) is 2.64. The fraction of sp³-hybridized carbons (Fsp3) is 0.100. The van der Waals surface area contributed by atoms with Gasteiger partial charge in [0.25, 0.3) is 0 Å². The number of hydrogen-bond acceptors (Lipinski definition) is 1. The summed E-state index contributed by atoms with van der Waals surface area (Å²) in [5, 5.41) is 0.742. The summed E-state index contributed by atoms with van der Waals surface area (Å²) >= 11 is 5.87. The molecule has 0 bridgehead atoms. The van der Waals surface area contributed by atoms with E-state index in [0.29, 0.717) is 6.61 Å². The summed E-state index contributed by atoms with van der Waals surface area (Å²) in [6.07, 6.45) is 0. The van der Waals surface area contributed by atoms with Crippen LogP contribution in [0.5, 0.6) is 5.75 Å². The largest absolute Gasteiger partial charge is 0.489 e. The highest BCUT2D eigenvalue weighted by molar-refractivity contribution is 6.30. The highest BCUT2D eigenvalue weighted by Gasteiger charge is 2.00. The molecule has 0 heterocycles. The van der Waals surface area contributed by atoms with Crippen LogP contribution in [0, 0.1) is 6.92 Å². The van der Waals surface area contributed by atoms with Gasteiger partial charge < -0.3 is 4.74 Å². The van der Waals surface area contributed by atoms with Gasteiger partial charge in [0.15, 0.2) is 0 Å². The molecular weight excluding hydrogens is 292 g/mol. The van der Waals surface area contributed by atoms with Crippen molar-refractivity contribution in [3.63, 3.8) is 0 Å². The highest BCUT2D eigenvalue weighted by Crippen LogP contribution is 2.23. The van der Waals surface area contributed by atoms with E-state index >= 15 is 0 Å². The molecule has 0 amide bonds. The van der Waals surface area contributed by atoms with E-state index in [4.69, 9.17) is 16.3 Å². The first-order valence-corrected chi connectivity index (χ1v) is 7.63. The number of aryl methyl sites for hydroxylation is 1. The molecule has 0 aliphatic rings. The molecule has 22 heavy (non-hydrogen) atoms. The van der Waals surface area contributed by atoms with Gasteiger partial charge in [-0.15, -0.1) is 0 Å². The first kappa shape index (κ1) is 14.7. The van der Waals surface area contributed by atoms with E-state index in [1.54, 1.807) is 0 Å². The molecule has 2 heteroatoms. The Kier molecular flexibility index (Phi) is 4.45. The SMILES string of the molecule is Cc1ccc(-c2ccc(OCc3ccc(Cl)cc3)cc2)cc1. The minimum absolute atomic E-state index is 0.543. The molecule has 0 aromatic heterocycles. The van der Waals surface area contributed by atoms with E-state index in [2.05, 4.69) is 43.3 Å². The van der Waals surface area contributed by atoms with Crippen LogP contribution in [-0.2, 0) is 6.61 Å². The van der Waals surface area contributed by atoms with Crippen molar-refractivity contribution in [1.82, 2.24) is 0 Å². The fourth-order valence-corrected chi connectivity index (χ4v) is 2.36. The monoisotopic (exact) mass is 308 g/mol. The lowest BCUT2D eigenvalue weighted by Gasteiger charge is -2.08. The third kappa shape index (κ3) is 3.69. The van der Waals surface area contributed by atoms with Crippen molar-refractivity contribution in [3.05, 3.63) is 88.9 Å². The average molecular weight is 309 g/mol. The predicted molar refractivity (Wildman–Crippen MR) is 92.4 cm³/mol. The zero-order valence-corrected chi connectivity index (χ0v) is 13.2. The van der Waals surface area contributed by atoms with Gasteiger partial charge in [-0.25, -0.2) is 0 Å². The van der Waals surface area contributed by atoms with Gasteiger partial charge in [0.05, 0.1) is 0 Å². The van der Waals surface area contributed by atoms with E-state index in [1.165, 1.54) is 16.7 Å². The lowest BCUT2D eigenvalue weighted by Crippen LogP contribution is -1.94. The second-order valence-electron chi connectivity index (χ2n) is 5.31. The number of halogens is 1. The normalized spacial score (nSPS) is 10.5. The zero-order valence-electron chi connectivity index (χ0n) is 12.4. The molecule has 3 rings (SSSR count). The molecule has 0 unspecified atom stereocenters. The molecule has 3 aromatic carbocycles. The molecule has 0 aliphatic heterocycles. The van der Waals surface area contributed by atoms with Crippen LogP contribution >= 0.6 is 11.6 Å². The van der Waals surface area contributed by atoms with E-state index in [1.807, 2.05) is 36.4 Å². The second-order valence-corrected chi connectivity index (χ2v) is 5.74. The third-order valence-corrected chi connectivity index (χ3v) is 3.81. The maximum absolute atomic E-state index is 5.87. The van der Waals surface area contributed by atoms with Crippen LogP contribution in [0.15, 0.2) is 72.8 Å². The van der Waals surface area contributed by atoms with Crippen LogP contribution in [0.4, 0.5) is 0 Å². The zero-order chi connectivity index (χ0) is 15.4. The molecule has 0 saturated carbocycles. The summed E-state index contributed by atoms with van der Waals surface area (Å²) in [4.78, 5) is 0. The van der Waals surface area contributed by atoms with Crippen molar-refractivity contribution in [2.24, 2.45) is 0 Å². The van der Waals surface area contributed by atoms with Gasteiger partial charge in [0, 0.05) is 5.02 Å². The lowest BCUT2D eigenvalue weighted by atomic mass is 10.0. The standard InChI is InChI=1S/C20H17ClO/c1-15-2-6-17(7-3-15)18-8-12-20(13-9-18)22-14-16-4-10-19(21)11-5-16/h2-13H,14H2,1H3. The Bertz CT molecular complexity index is 728. The van der Waals surface area contributed by atoms with Crippen molar-refractivity contribution in [1.29, 1.82) is 0 Å². The van der Waals surface area contributed by atoms with Crippen LogP contribution in [0.3, 0.4) is 0 Å². The van der Waals surface area contributed by atoms with Gasteiger partial charge in [-0.05, 0) is 47.9 Å². The summed E-state index contributed by atoms with van der Waals surface area (Å²) in [6, 6.07) is 24.4. The summed E-state index contributed by atoms with van der Waals surface area (Å²) in [5.41, 5.74) is 4.78. The summed E-state index contributed by atoms with van der Waals surface area (Å²) in [5.74, 6) is 0.866. The molecule has 0 N–H and O–H groups in total. The van der Waals surface area contributed by atoms with Crippen molar-refractivity contribution in [2.75, 3.05) is 0 Å². The molecule has 0 radical (unpaired) electrons. The van der Waals surface area contributed by atoms with Crippen molar-refractivity contribution in [3.8, 4) is 16.9 Å². The maximum atomic E-state index is 5.87. The molecule has 0 spiro atoms. The summed E-state index contributed by atoms with van der Waals surface area (Å²) < 4.78 is 5.80. The van der Waals surface area contributed by atoms with Crippen LogP contribution in [0.1, 0.15) is 11.1 Å². The van der Waals surface area contributed by atoms with Crippen molar-refractivity contribution < 1.29 is 4.74 Å². The minimum atomic E-state index is 0.543. The highest BCUT2D eigenvalue weighted by atomic mass is 35.5. The molecular formula is C20H17ClO. The number of rotatable bonds is 4. The van der Waals surface area contributed by atoms with E-state index in [0.717, 1.165) is 16.3 Å². The number of benzene rings is 3. The van der Waals surface area contributed by atoms with Crippen LogP contribution in [-0.4, -0.2) is 0 Å². The minimum Gasteiger partial charge on any atom is -0.489 e. The lowest BCUT2D eigenvalue weighted by molar-refractivity contribution is 0.306. The summed E-state index contributed by atoms with van der Waals surface area (Å²) in [7, 11) is 0. The van der Waals surface area contributed by atoms with E-state index < -0.39 is 0 Å². The van der Waals surface area contributed by atoms with Gasteiger partial charge in [0.2, 0.25) is 0 Å². The topological polar surface area (TPSA) is 9.23 Å². The number of hydrogen-bond donors (Lipinski definition) is 0. The van der Waals surface area contributed by atoms with Crippen molar-refractivity contribution in [2.45, 2.75) is 13.5 Å². The van der Waals surface area contributed by atoms with Crippen molar-refractivity contribution >= 4 is 11.6 Å². The van der Waals surface area contributed by atoms with Crippen LogP contribution in [0.25, 0.3) is 11.1 Å². The first-order valence-electron chi connectivity index (χ1n) is 7.25. The molecule has 0 aliphatic carbocycles. The molecule has 3 aromatic rings. The Hall–Kier alpha value is -2.25. The predicted octanol–water partition coefficient (Wildman–Crippen LogP) is 5.89. The molecule has 0 atom stereocenters. The quantitative estimate of drug-likeness (QED) is 0.583. The first-order chi connectivity index (χ1) is 10.7. The molecule has 110 valence electrons. The Morgan fingerprint density at radius 3 is 1.86 bits per heavy atom. The van der Waals surface area contributed by atoms with Crippen LogP contribution < -0.4 is 4.74 Å².